The van der Waals surface area contributed by atoms with Gasteiger partial charge in [-0.1, -0.05) is 0 Å². The highest BCUT2D eigenvalue weighted by atomic mass is 79.9. The van der Waals surface area contributed by atoms with Crippen molar-refractivity contribution in [3.8, 4) is 11.5 Å². The molecule has 1 N–H and O–H groups in total. The summed E-state index contributed by atoms with van der Waals surface area (Å²) in [4.78, 5) is 13.3. The lowest BCUT2D eigenvalue weighted by Gasteiger charge is -2.10. The van der Waals surface area contributed by atoms with Crippen molar-refractivity contribution in [2.75, 3.05) is 11.9 Å². The van der Waals surface area contributed by atoms with Gasteiger partial charge in [-0.05, 0) is 48.8 Å². The van der Waals surface area contributed by atoms with Gasteiger partial charge in [-0.3, -0.25) is 4.98 Å². The van der Waals surface area contributed by atoms with Crippen LogP contribution in [0, 0.1) is 13.8 Å². The molecule has 0 aliphatic carbocycles. The number of rotatable bonds is 3. The quantitative estimate of drug-likeness (QED) is 0.945. The molecule has 0 saturated heterocycles. The van der Waals surface area contributed by atoms with Crippen molar-refractivity contribution in [3.63, 3.8) is 0 Å². The molecule has 2 aromatic rings. The van der Waals surface area contributed by atoms with Gasteiger partial charge in [0.1, 0.15) is 11.5 Å². The zero-order valence-corrected chi connectivity index (χ0v) is 12.2. The minimum absolute atomic E-state index is 0.654. The average molecular weight is 307 g/mol. The van der Waals surface area contributed by atoms with Crippen molar-refractivity contribution in [2.45, 2.75) is 20.8 Å². The van der Waals surface area contributed by atoms with E-state index in [2.05, 4.69) is 43.1 Å². The summed E-state index contributed by atoms with van der Waals surface area (Å²) >= 11 is 3.37. The topological polar surface area (TPSA) is 50.7 Å². The molecule has 0 aliphatic heterocycles. The van der Waals surface area contributed by atoms with Crippen molar-refractivity contribution in [2.24, 2.45) is 0 Å². The fraction of sp³-hybridized carbons (Fsp3) is 0.308. The van der Waals surface area contributed by atoms with Crippen LogP contribution in [0.25, 0.3) is 11.5 Å². The van der Waals surface area contributed by atoms with Crippen LogP contribution in [0.5, 0.6) is 0 Å². The molecule has 94 valence electrons. The van der Waals surface area contributed by atoms with Crippen LogP contribution in [0.2, 0.25) is 0 Å². The first-order valence-electron chi connectivity index (χ1n) is 5.83. The number of halogens is 1. The molecule has 0 bridgehead atoms. The highest BCUT2D eigenvalue weighted by Gasteiger charge is 2.09. The van der Waals surface area contributed by atoms with Crippen molar-refractivity contribution >= 4 is 21.7 Å². The monoisotopic (exact) mass is 306 g/mol. The third-order valence-corrected chi connectivity index (χ3v) is 3.16. The molecule has 18 heavy (non-hydrogen) atoms. The molecule has 0 saturated carbocycles. The maximum Gasteiger partial charge on any atom is 0.180 e. The third kappa shape index (κ3) is 2.67. The number of pyridine rings is 1. The molecule has 2 aromatic heterocycles. The standard InChI is InChI=1S/C13H15BrN4/c1-4-15-12-8(2)9(3)17-13(18-12)11-6-5-10(14)7-16-11/h5-7H,4H2,1-3H3,(H,15,17,18). The van der Waals surface area contributed by atoms with Gasteiger partial charge in [-0.25, -0.2) is 9.97 Å². The molecule has 4 nitrogen and oxygen atoms in total. The number of aryl methyl sites for hydroxylation is 1. The summed E-state index contributed by atoms with van der Waals surface area (Å²) in [6, 6.07) is 3.84. The smallest absolute Gasteiger partial charge is 0.180 e. The molecule has 0 amide bonds. The first kappa shape index (κ1) is 13.0. The van der Waals surface area contributed by atoms with Crippen molar-refractivity contribution in [3.05, 3.63) is 34.1 Å². The molecular formula is C13H15BrN4. The minimum atomic E-state index is 0.654. The number of hydrogen-bond donors (Lipinski definition) is 1. The van der Waals surface area contributed by atoms with Crippen molar-refractivity contribution in [1.82, 2.24) is 15.0 Å². The van der Waals surface area contributed by atoms with Gasteiger partial charge < -0.3 is 5.32 Å². The Balaban J connectivity index is 2.48. The van der Waals surface area contributed by atoms with Crippen LogP contribution in [-0.2, 0) is 0 Å². The molecule has 2 rings (SSSR count). The third-order valence-electron chi connectivity index (χ3n) is 2.69. The van der Waals surface area contributed by atoms with Gasteiger partial charge >= 0.3 is 0 Å². The second kappa shape index (κ2) is 5.44. The molecule has 0 aliphatic rings. The molecule has 0 fully saturated rings. The summed E-state index contributed by atoms with van der Waals surface area (Å²) < 4.78 is 0.946. The van der Waals surface area contributed by atoms with Crippen LogP contribution in [0.3, 0.4) is 0 Å². The van der Waals surface area contributed by atoms with E-state index < -0.39 is 0 Å². The molecule has 0 unspecified atom stereocenters. The lowest BCUT2D eigenvalue weighted by molar-refractivity contribution is 1.03. The predicted octanol–water partition coefficient (Wildman–Crippen LogP) is 3.35. The fourth-order valence-corrected chi connectivity index (χ4v) is 1.83. The van der Waals surface area contributed by atoms with Gasteiger partial charge in [-0.2, -0.15) is 0 Å². The fourth-order valence-electron chi connectivity index (χ4n) is 1.59. The average Bonchev–Trinajstić information content (AvgIpc) is 2.36. The summed E-state index contributed by atoms with van der Waals surface area (Å²) in [5, 5.41) is 3.25. The van der Waals surface area contributed by atoms with E-state index in [9.17, 15) is 0 Å². The lowest BCUT2D eigenvalue weighted by atomic mass is 10.2. The number of hydrogen-bond acceptors (Lipinski definition) is 4. The van der Waals surface area contributed by atoms with E-state index in [0.29, 0.717) is 5.82 Å². The second-order valence-corrected chi connectivity index (χ2v) is 4.91. The Bertz CT molecular complexity index is 552. The highest BCUT2D eigenvalue weighted by molar-refractivity contribution is 9.10. The maximum atomic E-state index is 4.52. The van der Waals surface area contributed by atoms with Gasteiger partial charge in [0.2, 0.25) is 0 Å². The van der Waals surface area contributed by atoms with Gasteiger partial charge in [0, 0.05) is 28.5 Å². The minimum Gasteiger partial charge on any atom is -0.370 e. The molecule has 0 radical (unpaired) electrons. The molecule has 0 aromatic carbocycles. The van der Waals surface area contributed by atoms with Gasteiger partial charge in [0.05, 0.1) is 0 Å². The Labute approximate surface area is 115 Å². The lowest BCUT2D eigenvalue weighted by Crippen LogP contribution is -2.06. The number of nitrogens with one attached hydrogen (secondary N) is 1. The van der Waals surface area contributed by atoms with Crippen LogP contribution < -0.4 is 5.32 Å². The maximum absolute atomic E-state index is 4.52. The summed E-state index contributed by atoms with van der Waals surface area (Å²) in [5.41, 5.74) is 2.83. The van der Waals surface area contributed by atoms with Crippen LogP contribution in [0.4, 0.5) is 5.82 Å². The zero-order chi connectivity index (χ0) is 13.1. The predicted molar refractivity (Wildman–Crippen MR) is 76.6 cm³/mol. The molecular weight excluding hydrogens is 292 g/mol. The van der Waals surface area contributed by atoms with E-state index in [1.807, 2.05) is 26.0 Å². The number of nitrogens with zero attached hydrogens (tertiary/aromatic N) is 3. The van der Waals surface area contributed by atoms with Crippen LogP contribution in [0.15, 0.2) is 22.8 Å². The summed E-state index contributed by atoms with van der Waals surface area (Å²) in [6.07, 6.45) is 1.75. The van der Waals surface area contributed by atoms with Gasteiger partial charge in [0.15, 0.2) is 5.82 Å². The normalized spacial score (nSPS) is 10.4. The number of anilines is 1. The Morgan fingerprint density at radius 3 is 2.61 bits per heavy atom. The first-order valence-corrected chi connectivity index (χ1v) is 6.62. The van der Waals surface area contributed by atoms with Gasteiger partial charge in [0.25, 0.3) is 0 Å². The summed E-state index contributed by atoms with van der Waals surface area (Å²) in [5.74, 6) is 1.53. The second-order valence-electron chi connectivity index (χ2n) is 4.00. The molecule has 0 atom stereocenters. The Kier molecular flexibility index (Phi) is 3.91. The Morgan fingerprint density at radius 2 is 2.00 bits per heavy atom. The highest BCUT2D eigenvalue weighted by Crippen LogP contribution is 2.21. The molecule has 5 heteroatoms. The Morgan fingerprint density at radius 1 is 1.22 bits per heavy atom. The number of aromatic nitrogens is 3. The van der Waals surface area contributed by atoms with Gasteiger partial charge in [-0.15, -0.1) is 0 Å². The summed E-state index contributed by atoms with van der Waals surface area (Å²) in [6.45, 7) is 6.89. The van der Waals surface area contributed by atoms with E-state index >= 15 is 0 Å². The van der Waals surface area contributed by atoms with Crippen molar-refractivity contribution in [1.29, 1.82) is 0 Å². The van der Waals surface area contributed by atoms with E-state index in [4.69, 9.17) is 0 Å². The van der Waals surface area contributed by atoms with Crippen LogP contribution in [0.1, 0.15) is 18.2 Å². The van der Waals surface area contributed by atoms with E-state index in [-0.39, 0.29) is 0 Å². The molecule has 2 heterocycles. The van der Waals surface area contributed by atoms with Crippen LogP contribution in [-0.4, -0.2) is 21.5 Å². The van der Waals surface area contributed by atoms with Crippen molar-refractivity contribution < 1.29 is 0 Å². The van der Waals surface area contributed by atoms with E-state index in [1.54, 1.807) is 6.20 Å². The SMILES string of the molecule is CCNc1nc(-c2ccc(Br)cn2)nc(C)c1C. The summed E-state index contributed by atoms with van der Waals surface area (Å²) in [7, 11) is 0. The largest absolute Gasteiger partial charge is 0.370 e. The Hall–Kier alpha value is -1.49. The van der Waals surface area contributed by atoms with Crippen LogP contribution >= 0.6 is 15.9 Å². The molecule has 0 spiro atoms. The van der Waals surface area contributed by atoms with E-state index in [0.717, 1.165) is 33.8 Å². The first-order chi connectivity index (χ1) is 8.61. The van der Waals surface area contributed by atoms with E-state index in [1.165, 1.54) is 0 Å². The zero-order valence-electron chi connectivity index (χ0n) is 10.7.